The van der Waals surface area contributed by atoms with E-state index in [2.05, 4.69) is 15.2 Å². The van der Waals surface area contributed by atoms with Crippen molar-refractivity contribution in [3.63, 3.8) is 0 Å². The van der Waals surface area contributed by atoms with Gasteiger partial charge in [-0.15, -0.1) is 0 Å². The van der Waals surface area contributed by atoms with E-state index in [-0.39, 0.29) is 30.7 Å². The minimum atomic E-state index is -0.108. The summed E-state index contributed by atoms with van der Waals surface area (Å²) in [6, 6.07) is 0.248. The lowest BCUT2D eigenvalue weighted by atomic mass is 9.89. The van der Waals surface area contributed by atoms with Gasteiger partial charge in [-0.3, -0.25) is 19.4 Å². The summed E-state index contributed by atoms with van der Waals surface area (Å²) < 4.78 is 10.5. The molecule has 8 nitrogen and oxygen atoms in total. The molecule has 0 bridgehead atoms. The van der Waals surface area contributed by atoms with Crippen LogP contribution in [0, 0.1) is 33.6 Å². The van der Waals surface area contributed by atoms with Gasteiger partial charge in [0.05, 0.1) is 11.4 Å². The van der Waals surface area contributed by atoms with Gasteiger partial charge in [0.15, 0.2) is 0 Å². The normalized spacial score (nSPS) is 19.2. The molecule has 0 N–H and O–H groups in total. The number of imide groups is 1. The van der Waals surface area contributed by atoms with Crippen molar-refractivity contribution in [2.75, 3.05) is 19.6 Å². The highest BCUT2D eigenvalue weighted by atomic mass is 16.5. The molecule has 198 valence electrons. The first-order valence-electron chi connectivity index (χ1n) is 13.7. The first-order chi connectivity index (χ1) is 17.3. The summed E-state index contributed by atoms with van der Waals surface area (Å²) >= 11 is 0. The van der Waals surface area contributed by atoms with Crippen LogP contribution in [0.1, 0.15) is 91.8 Å². The molecule has 2 aromatic rings. The van der Waals surface area contributed by atoms with Crippen molar-refractivity contribution in [2.45, 2.75) is 104 Å². The monoisotopic (exact) mass is 498 g/mol. The Morgan fingerprint density at radius 1 is 0.833 bits per heavy atom. The zero-order valence-corrected chi connectivity index (χ0v) is 22.5. The van der Waals surface area contributed by atoms with Crippen molar-refractivity contribution in [3.05, 3.63) is 34.0 Å². The fourth-order valence-electron chi connectivity index (χ4n) is 6.05. The van der Waals surface area contributed by atoms with Crippen LogP contribution in [0.25, 0.3) is 0 Å². The first kappa shape index (κ1) is 26.6. The van der Waals surface area contributed by atoms with Gasteiger partial charge >= 0.3 is 0 Å². The second-order valence-corrected chi connectivity index (χ2v) is 10.8. The largest absolute Gasteiger partial charge is 0.361 e. The highest BCUT2D eigenvalue weighted by Gasteiger charge is 2.32. The smallest absolute Gasteiger partial charge is 0.229 e. The molecule has 2 aromatic heterocycles. The van der Waals surface area contributed by atoms with Crippen molar-refractivity contribution < 1.29 is 18.6 Å². The second kappa shape index (κ2) is 12.2. The SMILES string of the molecule is Cc1noc(C)c1CCC(=O)N(C[C@@H]1CCCN1CC1CCCCC1)C(=O)CCc1c(C)noc1C. The molecule has 8 heteroatoms. The Kier molecular flexibility index (Phi) is 8.99. The summed E-state index contributed by atoms with van der Waals surface area (Å²) in [5, 5.41) is 8.02. The summed E-state index contributed by atoms with van der Waals surface area (Å²) in [5.41, 5.74) is 3.55. The molecule has 1 saturated carbocycles. The summed E-state index contributed by atoms with van der Waals surface area (Å²) in [7, 11) is 0. The van der Waals surface area contributed by atoms with Gasteiger partial charge in [0, 0.05) is 43.1 Å². The van der Waals surface area contributed by atoms with E-state index in [1.54, 1.807) is 4.90 Å². The molecule has 4 rings (SSSR count). The third-order valence-corrected chi connectivity index (χ3v) is 8.25. The lowest BCUT2D eigenvalue weighted by molar-refractivity contribution is -0.145. The van der Waals surface area contributed by atoms with Crippen molar-refractivity contribution in [1.29, 1.82) is 0 Å². The second-order valence-electron chi connectivity index (χ2n) is 10.8. The van der Waals surface area contributed by atoms with Crippen LogP contribution in [0.3, 0.4) is 0 Å². The van der Waals surface area contributed by atoms with Gasteiger partial charge < -0.3 is 9.05 Å². The molecule has 3 heterocycles. The minimum Gasteiger partial charge on any atom is -0.361 e. The molecule has 2 aliphatic rings. The molecule has 1 aliphatic carbocycles. The molecule has 0 unspecified atom stereocenters. The number of hydrogen-bond acceptors (Lipinski definition) is 7. The number of carbonyl (C=O) groups is 2. The van der Waals surface area contributed by atoms with Crippen LogP contribution in [-0.2, 0) is 22.4 Å². The van der Waals surface area contributed by atoms with Crippen LogP contribution >= 0.6 is 0 Å². The third-order valence-electron chi connectivity index (χ3n) is 8.25. The zero-order chi connectivity index (χ0) is 25.7. The highest BCUT2D eigenvalue weighted by Crippen LogP contribution is 2.28. The maximum atomic E-state index is 13.5. The van der Waals surface area contributed by atoms with Crippen LogP contribution in [-0.4, -0.2) is 57.6 Å². The number of rotatable bonds is 10. The highest BCUT2D eigenvalue weighted by molar-refractivity contribution is 5.95. The van der Waals surface area contributed by atoms with Gasteiger partial charge in [-0.1, -0.05) is 29.6 Å². The van der Waals surface area contributed by atoms with Crippen molar-refractivity contribution in [3.8, 4) is 0 Å². The van der Waals surface area contributed by atoms with Crippen LogP contribution in [0.2, 0.25) is 0 Å². The molecule has 2 fully saturated rings. The van der Waals surface area contributed by atoms with E-state index in [9.17, 15) is 9.59 Å². The van der Waals surface area contributed by atoms with E-state index < -0.39 is 0 Å². The zero-order valence-electron chi connectivity index (χ0n) is 22.5. The average molecular weight is 499 g/mol. The van der Waals surface area contributed by atoms with E-state index in [0.717, 1.165) is 65.9 Å². The third kappa shape index (κ3) is 6.44. The summed E-state index contributed by atoms with van der Waals surface area (Å²) in [4.78, 5) is 31.1. The fraction of sp³-hybridized carbons (Fsp3) is 0.714. The van der Waals surface area contributed by atoms with Gasteiger partial charge in [-0.25, -0.2) is 0 Å². The maximum absolute atomic E-state index is 13.5. The standard InChI is InChI=1S/C28H42N4O4/c1-19-25(21(3)35-29-19)12-14-27(33)32(28(34)15-13-26-20(2)30-36-22(26)4)18-24-11-8-16-31(24)17-23-9-6-5-7-10-23/h23-24H,5-18H2,1-4H3/t24-/m0/s1. The number of amides is 2. The number of carbonyl (C=O) groups excluding carboxylic acids is 2. The Labute approximate surface area is 214 Å². The summed E-state index contributed by atoms with van der Waals surface area (Å²) in [5.74, 6) is 2.02. The van der Waals surface area contributed by atoms with Gasteiger partial charge in [-0.05, 0) is 78.7 Å². The Morgan fingerprint density at radius 2 is 1.39 bits per heavy atom. The van der Waals surface area contributed by atoms with Crippen LogP contribution in [0.5, 0.6) is 0 Å². The molecule has 1 atom stereocenters. The predicted molar refractivity (Wildman–Crippen MR) is 136 cm³/mol. The first-order valence-corrected chi connectivity index (χ1v) is 13.7. The Balaban J connectivity index is 1.44. The molecular formula is C28H42N4O4. The number of aromatic nitrogens is 2. The quantitative estimate of drug-likeness (QED) is 0.462. The summed E-state index contributed by atoms with van der Waals surface area (Å²) in [6.07, 6.45) is 10.4. The molecule has 2 amide bonds. The Bertz CT molecular complexity index is 935. The van der Waals surface area contributed by atoms with E-state index in [4.69, 9.17) is 9.05 Å². The number of likely N-dealkylation sites (tertiary alicyclic amines) is 1. The fourth-order valence-corrected chi connectivity index (χ4v) is 6.05. The van der Waals surface area contributed by atoms with E-state index in [1.165, 1.54) is 32.1 Å². The van der Waals surface area contributed by atoms with E-state index in [0.29, 0.717) is 19.4 Å². The molecule has 0 spiro atoms. The van der Waals surface area contributed by atoms with E-state index in [1.807, 2.05) is 27.7 Å². The van der Waals surface area contributed by atoms with Crippen LogP contribution < -0.4 is 0 Å². The van der Waals surface area contributed by atoms with Crippen LogP contribution in [0.4, 0.5) is 0 Å². The van der Waals surface area contributed by atoms with Gasteiger partial charge in [-0.2, -0.15) is 0 Å². The number of nitrogens with zero attached hydrogens (tertiary/aromatic N) is 4. The molecule has 0 aromatic carbocycles. The molecule has 1 aliphatic heterocycles. The topological polar surface area (TPSA) is 92.7 Å². The molecule has 36 heavy (non-hydrogen) atoms. The average Bonchev–Trinajstić information content (AvgIpc) is 3.54. The lowest BCUT2D eigenvalue weighted by Gasteiger charge is -2.33. The van der Waals surface area contributed by atoms with Crippen LogP contribution in [0.15, 0.2) is 9.05 Å². The number of aryl methyl sites for hydroxylation is 4. The molecular weight excluding hydrogens is 456 g/mol. The lowest BCUT2D eigenvalue weighted by Crippen LogP contribution is -2.47. The Morgan fingerprint density at radius 3 is 1.89 bits per heavy atom. The Hall–Kier alpha value is -2.48. The van der Waals surface area contributed by atoms with E-state index >= 15 is 0 Å². The van der Waals surface area contributed by atoms with Crippen molar-refractivity contribution >= 4 is 11.8 Å². The van der Waals surface area contributed by atoms with Crippen molar-refractivity contribution in [1.82, 2.24) is 20.1 Å². The molecule has 0 radical (unpaired) electrons. The van der Waals surface area contributed by atoms with Gasteiger partial charge in [0.1, 0.15) is 11.5 Å². The molecule has 1 saturated heterocycles. The van der Waals surface area contributed by atoms with Crippen molar-refractivity contribution in [2.24, 2.45) is 5.92 Å². The van der Waals surface area contributed by atoms with Gasteiger partial charge in [0.25, 0.3) is 0 Å². The van der Waals surface area contributed by atoms with Gasteiger partial charge in [0.2, 0.25) is 11.8 Å². The predicted octanol–water partition coefficient (Wildman–Crippen LogP) is 4.86. The summed E-state index contributed by atoms with van der Waals surface area (Å²) in [6.45, 7) is 10.2. The minimum absolute atomic E-state index is 0.108. The number of hydrogen-bond donors (Lipinski definition) is 0. The maximum Gasteiger partial charge on any atom is 0.229 e.